The fraction of sp³-hybridized carbons (Fsp3) is 0.700. The number of rotatable bonds is 7. The first-order chi connectivity index (χ1) is 12.6. The van der Waals surface area contributed by atoms with Crippen molar-refractivity contribution in [2.24, 2.45) is 17.8 Å². The molecule has 1 N–H and O–H groups in total. The Hall–Kier alpha value is -0.930. The van der Waals surface area contributed by atoms with Crippen molar-refractivity contribution < 1.29 is 14.3 Å². The summed E-state index contributed by atoms with van der Waals surface area (Å²) >= 11 is 2.22. The summed E-state index contributed by atoms with van der Waals surface area (Å²) in [6.45, 7) is 13.1. The number of nitrogens with one attached hydrogen (secondary N) is 1. The Morgan fingerprint density at radius 2 is 1.96 bits per heavy atom. The highest BCUT2D eigenvalue weighted by Crippen LogP contribution is 2.51. The zero-order valence-electron chi connectivity index (χ0n) is 16.8. The predicted molar refractivity (Wildman–Crippen MR) is 112 cm³/mol. The van der Waals surface area contributed by atoms with Crippen LogP contribution in [-0.2, 0) is 9.53 Å². The highest BCUT2D eigenvalue weighted by atomic mass is 127. The maximum Gasteiger partial charge on any atom is 0.224 e. The molecule has 0 bridgehead atoms. The van der Waals surface area contributed by atoms with Crippen LogP contribution < -0.4 is 10.1 Å². The lowest BCUT2D eigenvalue weighted by Gasteiger charge is -2.28. The summed E-state index contributed by atoms with van der Waals surface area (Å²) in [5, 5.41) is 3.17. The SMILES string of the molecule is CC(C)(COc1cnccc1I)NC(=O)[C@H]1[C@@H]2CN(COC(C)(C)C)C[C@@H]21. The van der Waals surface area contributed by atoms with Gasteiger partial charge in [0.05, 0.1) is 27.6 Å². The van der Waals surface area contributed by atoms with E-state index in [9.17, 15) is 4.79 Å². The first-order valence-corrected chi connectivity index (χ1v) is 10.5. The second kappa shape index (κ2) is 7.83. The van der Waals surface area contributed by atoms with Crippen molar-refractivity contribution in [3.8, 4) is 5.75 Å². The van der Waals surface area contributed by atoms with E-state index in [4.69, 9.17) is 9.47 Å². The van der Waals surface area contributed by atoms with Gasteiger partial charge in [-0.3, -0.25) is 14.7 Å². The maximum absolute atomic E-state index is 12.7. The number of likely N-dealkylation sites (tertiary alicyclic amines) is 1. The van der Waals surface area contributed by atoms with E-state index in [-0.39, 0.29) is 17.4 Å². The molecule has 6 nitrogen and oxygen atoms in total. The molecule has 1 aromatic heterocycles. The summed E-state index contributed by atoms with van der Waals surface area (Å²) in [5.41, 5.74) is -0.554. The van der Waals surface area contributed by atoms with E-state index in [1.165, 1.54) is 0 Å². The van der Waals surface area contributed by atoms with Gasteiger partial charge in [-0.05, 0) is 75.1 Å². The molecule has 1 aromatic rings. The summed E-state index contributed by atoms with van der Waals surface area (Å²) in [6.07, 6.45) is 3.45. The fourth-order valence-electron chi connectivity index (χ4n) is 3.57. The zero-order valence-corrected chi connectivity index (χ0v) is 18.9. The average molecular weight is 487 g/mol. The van der Waals surface area contributed by atoms with Crippen molar-refractivity contribution in [1.82, 2.24) is 15.2 Å². The van der Waals surface area contributed by atoms with Crippen molar-refractivity contribution in [3.05, 3.63) is 22.0 Å². The summed E-state index contributed by atoms with van der Waals surface area (Å²) < 4.78 is 12.7. The van der Waals surface area contributed by atoms with Gasteiger partial charge in [0, 0.05) is 25.2 Å². The summed E-state index contributed by atoms with van der Waals surface area (Å²) in [7, 11) is 0. The number of aromatic nitrogens is 1. The standard InChI is InChI=1S/C20H30IN3O3/c1-19(2,3)27-12-24-9-13-14(10-24)17(13)18(25)23-20(4,5)11-26-16-8-22-7-6-15(16)21/h6-8,13-14,17H,9-12H2,1-5H3,(H,23,25)/t13-,14+,17+. The first kappa shape index (κ1) is 20.8. The fourth-order valence-corrected chi connectivity index (χ4v) is 4.03. The Kier molecular flexibility index (Phi) is 6.03. The predicted octanol–water partition coefficient (Wildman–Crippen LogP) is 2.91. The third kappa shape index (κ3) is 5.54. The minimum absolute atomic E-state index is 0.125. The van der Waals surface area contributed by atoms with Crippen LogP contribution in [0.5, 0.6) is 5.75 Å². The Bertz CT molecular complexity index is 677. The van der Waals surface area contributed by atoms with E-state index >= 15 is 0 Å². The number of pyridine rings is 1. The third-order valence-corrected chi connectivity index (χ3v) is 5.93. The Balaban J connectivity index is 1.43. The van der Waals surface area contributed by atoms with Crippen LogP contribution in [0.25, 0.3) is 0 Å². The van der Waals surface area contributed by atoms with Crippen LogP contribution in [0.15, 0.2) is 18.5 Å². The van der Waals surface area contributed by atoms with Crippen molar-refractivity contribution in [2.45, 2.75) is 45.8 Å². The molecule has 0 aromatic carbocycles. The van der Waals surface area contributed by atoms with E-state index in [0.29, 0.717) is 25.2 Å². The lowest BCUT2D eigenvalue weighted by molar-refractivity contribution is -0.125. The van der Waals surface area contributed by atoms with Gasteiger partial charge in [-0.15, -0.1) is 0 Å². The Morgan fingerprint density at radius 1 is 1.30 bits per heavy atom. The monoisotopic (exact) mass is 487 g/mol. The normalized spacial score (nSPS) is 25.2. The highest BCUT2D eigenvalue weighted by Gasteiger charge is 2.59. The number of hydrogen-bond acceptors (Lipinski definition) is 5. The van der Waals surface area contributed by atoms with Crippen LogP contribution in [0.4, 0.5) is 0 Å². The molecule has 0 spiro atoms. The van der Waals surface area contributed by atoms with Gasteiger partial charge in [0.25, 0.3) is 0 Å². The number of piperidine rings is 1. The molecule has 1 saturated heterocycles. The van der Waals surface area contributed by atoms with Crippen LogP contribution in [0.2, 0.25) is 0 Å². The molecule has 0 radical (unpaired) electrons. The molecule has 27 heavy (non-hydrogen) atoms. The van der Waals surface area contributed by atoms with Gasteiger partial charge in [-0.25, -0.2) is 0 Å². The molecule has 3 atom stereocenters. The van der Waals surface area contributed by atoms with E-state index in [1.54, 1.807) is 12.4 Å². The number of ether oxygens (including phenoxy) is 2. The molecule has 1 aliphatic carbocycles. The van der Waals surface area contributed by atoms with Gasteiger partial charge in [-0.1, -0.05) is 0 Å². The Morgan fingerprint density at radius 3 is 2.56 bits per heavy atom. The molecule has 1 aliphatic heterocycles. The highest BCUT2D eigenvalue weighted by molar-refractivity contribution is 14.1. The number of nitrogens with zero attached hydrogens (tertiary/aromatic N) is 2. The second-order valence-corrected chi connectivity index (χ2v) is 10.4. The number of hydrogen-bond donors (Lipinski definition) is 1. The zero-order chi connectivity index (χ0) is 19.8. The van der Waals surface area contributed by atoms with E-state index in [0.717, 1.165) is 22.4 Å². The van der Waals surface area contributed by atoms with Crippen LogP contribution in [-0.4, -0.2) is 53.4 Å². The van der Waals surface area contributed by atoms with Gasteiger partial charge in [0.1, 0.15) is 6.61 Å². The number of carbonyl (C=O) groups is 1. The first-order valence-electron chi connectivity index (χ1n) is 9.46. The molecule has 7 heteroatoms. The van der Waals surface area contributed by atoms with E-state index < -0.39 is 5.54 Å². The molecular weight excluding hydrogens is 457 g/mol. The molecule has 1 amide bonds. The largest absolute Gasteiger partial charge is 0.488 e. The topological polar surface area (TPSA) is 63.7 Å². The van der Waals surface area contributed by atoms with E-state index in [1.807, 2.05) is 19.9 Å². The van der Waals surface area contributed by atoms with Gasteiger partial charge in [0.2, 0.25) is 5.91 Å². The van der Waals surface area contributed by atoms with Crippen LogP contribution in [0.3, 0.4) is 0 Å². The van der Waals surface area contributed by atoms with Gasteiger partial charge in [0.15, 0.2) is 5.75 Å². The lowest BCUT2D eigenvalue weighted by Crippen LogP contribution is -2.49. The smallest absolute Gasteiger partial charge is 0.224 e. The minimum Gasteiger partial charge on any atom is -0.488 e. The molecular formula is C20H30IN3O3. The quantitative estimate of drug-likeness (QED) is 0.600. The number of carbonyl (C=O) groups excluding carboxylic acids is 1. The molecule has 150 valence electrons. The molecule has 0 unspecified atom stereocenters. The maximum atomic E-state index is 12.7. The van der Waals surface area contributed by atoms with Gasteiger partial charge < -0.3 is 14.8 Å². The Labute approximate surface area is 175 Å². The van der Waals surface area contributed by atoms with Crippen LogP contribution >= 0.6 is 22.6 Å². The van der Waals surface area contributed by atoms with Crippen molar-refractivity contribution in [2.75, 3.05) is 26.4 Å². The van der Waals surface area contributed by atoms with Crippen LogP contribution in [0.1, 0.15) is 34.6 Å². The number of fused-ring (bicyclic) bond motifs is 1. The van der Waals surface area contributed by atoms with Crippen molar-refractivity contribution in [1.29, 1.82) is 0 Å². The summed E-state index contributed by atoms with van der Waals surface area (Å²) in [4.78, 5) is 19.1. The summed E-state index contributed by atoms with van der Waals surface area (Å²) in [6, 6.07) is 1.90. The molecule has 2 heterocycles. The third-order valence-electron chi connectivity index (χ3n) is 5.04. The van der Waals surface area contributed by atoms with E-state index in [2.05, 4.69) is 58.6 Å². The number of amides is 1. The van der Waals surface area contributed by atoms with Gasteiger partial charge in [-0.2, -0.15) is 0 Å². The van der Waals surface area contributed by atoms with Crippen molar-refractivity contribution >= 4 is 28.5 Å². The number of halogens is 1. The molecule has 2 aliphatic rings. The lowest BCUT2D eigenvalue weighted by atomic mass is 10.1. The summed E-state index contributed by atoms with van der Waals surface area (Å²) in [5.74, 6) is 1.96. The molecule has 1 saturated carbocycles. The average Bonchev–Trinajstić information content (AvgIpc) is 3.07. The van der Waals surface area contributed by atoms with Gasteiger partial charge >= 0.3 is 0 Å². The van der Waals surface area contributed by atoms with Crippen molar-refractivity contribution in [3.63, 3.8) is 0 Å². The second-order valence-electron chi connectivity index (χ2n) is 9.24. The molecule has 3 rings (SSSR count). The molecule has 2 fully saturated rings. The van der Waals surface area contributed by atoms with Crippen LogP contribution in [0, 0.1) is 21.3 Å². The minimum atomic E-state index is -0.429.